The van der Waals surface area contributed by atoms with Gasteiger partial charge < -0.3 is 14.8 Å². The van der Waals surface area contributed by atoms with E-state index in [1.165, 1.54) is 0 Å². The van der Waals surface area contributed by atoms with E-state index in [2.05, 4.69) is 36.0 Å². The summed E-state index contributed by atoms with van der Waals surface area (Å²) in [5.41, 5.74) is 2.92. The van der Waals surface area contributed by atoms with Crippen molar-refractivity contribution < 1.29 is 4.79 Å². The number of carbonyl (C=O) groups is 1. The fourth-order valence-electron chi connectivity index (χ4n) is 4.28. The molecule has 0 aliphatic carbocycles. The number of amides is 1. The van der Waals surface area contributed by atoms with Crippen LogP contribution < -0.4 is 10.2 Å². The van der Waals surface area contributed by atoms with Gasteiger partial charge in [-0.15, -0.1) is 10.2 Å². The molecule has 0 radical (unpaired) electrons. The highest BCUT2D eigenvalue weighted by atomic mass is 16.1. The van der Waals surface area contributed by atoms with Crippen LogP contribution in [0.5, 0.6) is 0 Å². The quantitative estimate of drug-likeness (QED) is 0.553. The molecule has 154 valence electrons. The Morgan fingerprint density at radius 2 is 2.03 bits per heavy atom. The second-order valence-corrected chi connectivity index (χ2v) is 7.83. The normalized spacial score (nSPS) is 17.0. The van der Waals surface area contributed by atoms with Crippen LogP contribution in [0.3, 0.4) is 0 Å². The molecule has 4 aromatic rings. The van der Waals surface area contributed by atoms with E-state index in [4.69, 9.17) is 0 Å². The molecule has 1 amide bonds. The second-order valence-electron chi connectivity index (χ2n) is 7.83. The van der Waals surface area contributed by atoms with Crippen LogP contribution in [0.15, 0.2) is 48.7 Å². The van der Waals surface area contributed by atoms with Gasteiger partial charge in [-0.25, -0.2) is 4.98 Å². The Bertz CT molecular complexity index is 1190. The number of hydrogen-bond acceptors (Lipinski definition) is 5. The van der Waals surface area contributed by atoms with Crippen molar-refractivity contribution in [3.8, 4) is 0 Å². The topological polar surface area (TPSA) is 80.4 Å². The van der Waals surface area contributed by atoms with Crippen molar-refractivity contribution in [1.82, 2.24) is 29.5 Å². The third kappa shape index (κ3) is 3.38. The van der Waals surface area contributed by atoms with Crippen LogP contribution in [0.2, 0.25) is 0 Å². The molecule has 0 spiro atoms. The van der Waals surface area contributed by atoms with Gasteiger partial charge in [0, 0.05) is 39.3 Å². The first-order valence-corrected chi connectivity index (χ1v) is 10.4. The number of aromatic nitrogens is 5. The standard InChI is InChI=1S/C22H25N7O/c1-27-18-9-3-2-8-17(18)24-19(27)11-12-23-21(30)16-7-6-13-28(15-16)22-26-25-20-10-4-5-14-29(20)22/h2-5,8-10,14,16H,6-7,11-13,15H2,1H3,(H,23,30). The van der Waals surface area contributed by atoms with E-state index < -0.39 is 0 Å². The first kappa shape index (κ1) is 18.6. The first-order valence-electron chi connectivity index (χ1n) is 10.4. The molecule has 8 nitrogen and oxygen atoms in total. The number of piperidine rings is 1. The summed E-state index contributed by atoms with van der Waals surface area (Å²) in [7, 11) is 2.02. The molecule has 1 N–H and O–H groups in total. The average Bonchev–Trinajstić information content (AvgIpc) is 3.35. The maximum atomic E-state index is 12.8. The Balaban J connectivity index is 1.21. The van der Waals surface area contributed by atoms with Crippen molar-refractivity contribution >= 4 is 28.5 Å². The lowest BCUT2D eigenvalue weighted by molar-refractivity contribution is -0.125. The molecule has 1 unspecified atom stereocenters. The Kier molecular flexibility index (Phi) is 4.82. The number of nitrogens with one attached hydrogen (secondary N) is 1. The minimum absolute atomic E-state index is 0.0461. The monoisotopic (exact) mass is 403 g/mol. The molecule has 1 atom stereocenters. The molecule has 5 rings (SSSR count). The molecular formula is C22H25N7O. The minimum Gasteiger partial charge on any atom is -0.355 e. The summed E-state index contributed by atoms with van der Waals surface area (Å²) in [6.45, 7) is 2.13. The van der Waals surface area contributed by atoms with Gasteiger partial charge in [0.1, 0.15) is 5.82 Å². The van der Waals surface area contributed by atoms with Gasteiger partial charge in [-0.05, 0) is 37.1 Å². The van der Waals surface area contributed by atoms with Crippen molar-refractivity contribution in [2.45, 2.75) is 19.3 Å². The van der Waals surface area contributed by atoms with Crippen LogP contribution in [0.1, 0.15) is 18.7 Å². The van der Waals surface area contributed by atoms with E-state index in [-0.39, 0.29) is 11.8 Å². The molecule has 8 heteroatoms. The highest BCUT2D eigenvalue weighted by Gasteiger charge is 2.28. The number of nitrogens with zero attached hydrogens (tertiary/aromatic N) is 6. The summed E-state index contributed by atoms with van der Waals surface area (Å²) in [5, 5.41) is 11.7. The zero-order valence-corrected chi connectivity index (χ0v) is 17.0. The summed E-state index contributed by atoms with van der Waals surface area (Å²) in [6, 6.07) is 13.9. The van der Waals surface area contributed by atoms with Crippen LogP contribution in [0.4, 0.5) is 5.95 Å². The van der Waals surface area contributed by atoms with E-state index in [1.54, 1.807) is 0 Å². The summed E-state index contributed by atoms with van der Waals surface area (Å²) in [5.74, 6) is 1.85. The highest BCUT2D eigenvalue weighted by Crippen LogP contribution is 2.22. The van der Waals surface area contributed by atoms with Crippen molar-refractivity contribution in [3.05, 3.63) is 54.5 Å². The van der Waals surface area contributed by atoms with Gasteiger partial charge in [0.05, 0.1) is 17.0 Å². The van der Waals surface area contributed by atoms with E-state index in [9.17, 15) is 4.79 Å². The van der Waals surface area contributed by atoms with Crippen LogP contribution >= 0.6 is 0 Å². The van der Waals surface area contributed by atoms with E-state index in [0.717, 1.165) is 47.8 Å². The van der Waals surface area contributed by atoms with E-state index in [1.807, 2.05) is 54.0 Å². The molecule has 3 aromatic heterocycles. The Labute approximate surface area is 174 Å². The van der Waals surface area contributed by atoms with Gasteiger partial charge in [-0.1, -0.05) is 18.2 Å². The number of pyridine rings is 1. The van der Waals surface area contributed by atoms with Crippen LogP contribution in [0, 0.1) is 5.92 Å². The van der Waals surface area contributed by atoms with Crippen molar-refractivity contribution in [3.63, 3.8) is 0 Å². The predicted octanol–water partition coefficient (Wildman–Crippen LogP) is 2.19. The fourth-order valence-corrected chi connectivity index (χ4v) is 4.28. The van der Waals surface area contributed by atoms with E-state index >= 15 is 0 Å². The lowest BCUT2D eigenvalue weighted by Crippen LogP contribution is -2.44. The molecule has 0 saturated carbocycles. The van der Waals surface area contributed by atoms with Crippen LogP contribution in [-0.2, 0) is 18.3 Å². The number of aryl methyl sites for hydroxylation is 1. The molecule has 1 aromatic carbocycles. The van der Waals surface area contributed by atoms with Crippen LogP contribution in [-0.4, -0.2) is 49.7 Å². The van der Waals surface area contributed by atoms with Crippen molar-refractivity contribution in [2.24, 2.45) is 13.0 Å². The number of hydrogen-bond donors (Lipinski definition) is 1. The van der Waals surface area contributed by atoms with Gasteiger partial charge in [0.2, 0.25) is 11.9 Å². The maximum Gasteiger partial charge on any atom is 0.231 e. The maximum absolute atomic E-state index is 12.8. The third-order valence-corrected chi connectivity index (χ3v) is 5.90. The van der Waals surface area contributed by atoms with Gasteiger partial charge >= 0.3 is 0 Å². The number of benzene rings is 1. The Morgan fingerprint density at radius 1 is 1.17 bits per heavy atom. The number of para-hydroxylation sites is 2. The number of imidazole rings is 1. The third-order valence-electron chi connectivity index (χ3n) is 5.90. The molecule has 30 heavy (non-hydrogen) atoms. The lowest BCUT2D eigenvalue weighted by Gasteiger charge is -2.31. The van der Waals surface area contributed by atoms with Gasteiger partial charge in [0.25, 0.3) is 0 Å². The molecule has 4 heterocycles. The van der Waals surface area contributed by atoms with Gasteiger partial charge in [-0.3, -0.25) is 9.20 Å². The average molecular weight is 403 g/mol. The Hall–Kier alpha value is -3.42. The number of anilines is 1. The molecule has 1 saturated heterocycles. The summed E-state index contributed by atoms with van der Waals surface area (Å²) in [4.78, 5) is 19.7. The molecule has 1 fully saturated rings. The highest BCUT2D eigenvalue weighted by molar-refractivity contribution is 5.79. The van der Waals surface area contributed by atoms with Gasteiger partial charge in [-0.2, -0.15) is 0 Å². The lowest BCUT2D eigenvalue weighted by atomic mass is 9.97. The molecule has 1 aliphatic rings. The predicted molar refractivity (Wildman–Crippen MR) is 115 cm³/mol. The SMILES string of the molecule is Cn1c(CCNC(=O)C2CCCN(c3nnc4ccccn34)C2)nc2ccccc21. The zero-order valence-electron chi connectivity index (χ0n) is 17.0. The summed E-state index contributed by atoms with van der Waals surface area (Å²) in [6.07, 6.45) is 4.53. The summed E-state index contributed by atoms with van der Waals surface area (Å²) < 4.78 is 4.08. The molecule has 0 bridgehead atoms. The van der Waals surface area contributed by atoms with Gasteiger partial charge in [0.15, 0.2) is 5.65 Å². The second kappa shape index (κ2) is 7.78. The Morgan fingerprint density at radius 3 is 2.93 bits per heavy atom. The number of fused-ring (bicyclic) bond motifs is 2. The molecular weight excluding hydrogens is 378 g/mol. The van der Waals surface area contributed by atoms with E-state index in [0.29, 0.717) is 19.5 Å². The fraction of sp³-hybridized carbons (Fsp3) is 0.364. The van der Waals surface area contributed by atoms with Crippen molar-refractivity contribution in [1.29, 1.82) is 0 Å². The number of rotatable bonds is 5. The van der Waals surface area contributed by atoms with Crippen molar-refractivity contribution in [2.75, 3.05) is 24.5 Å². The zero-order chi connectivity index (χ0) is 20.5. The first-order chi connectivity index (χ1) is 14.7. The minimum atomic E-state index is -0.0461. The summed E-state index contributed by atoms with van der Waals surface area (Å²) >= 11 is 0. The largest absolute Gasteiger partial charge is 0.355 e. The smallest absolute Gasteiger partial charge is 0.231 e. The molecule has 1 aliphatic heterocycles. The van der Waals surface area contributed by atoms with Crippen LogP contribution in [0.25, 0.3) is 16.7 Å². The number of carbonyl (C=O) groups excluding carboxylic acids is 1.